The van der Waals surface area contributed by atoms with Crippen molar-refractivity contribution in [3.63, 3.8) is 0 Å². The molecular weight excluding hydrogens is 391 g/mol. The molecule has 1 aliphatic rings. The van der Waals surface area contributed by atoms with Gasteiger partial charge in [-0.15, -0.1) is 0 Å². The van der Waals surface area contributed by atoms with Crippen molar-refractivity contribution in [1.29, 1.82) is 0 Å². The quantitative estimate of drug-likeness (QED) is 0.571. The predicted octanol–water partition coefficient (Wildman–Crippen LogP) is 4.69. The zero-order chi connectivity index (χ0) is 18.3. The van der Waals surface area contributed by atoms with E-state index in [9.17, 15) is 9.18 Å². The third-order valence-electron chi connectivity index (χ3n) is 5.10. The maximum absolute atomic E-state index is 14.0. The summed E-state index contributed by atoms with van der Waals surface area (Å²) >= 11 is 3.27. The minimum atomic E-state index is -1.91. The third kappa shape index (κ3) is 3.83. The van der Waals surface area contributed by atoms with Crippen LogP contribution in [0, 0.1) is 5.82 Å². The van der Waals surface area contributed by atoms with E-state index in [1.807, 2.05) is 0 Å². The minimum Gasteiger partial charge on any atom is -0.415 e. The van der Waals surface area contributed by atoms with Crippen molar-refractivity contribution in [2.24, 2.45) is 0 Å². The van der Waals surface area contributed by atoms with Crippen molar-refractivity contribution >= 4 is 41.5 Å². The second-order valence-corrected chi connectivity index (χ2v) is 13.6. The summed E-state index contributed by atoms with van der Waals surface area (Å²) in [7, 11) is -1.91. The summed E-state index contributed by atoms with van der Waals surface area (Å²) in [6, 6.07) is 2.89. The molecular formula is C17H26BrFN2O2Si. The first-order valence-corrected chi connectivity index (χ1v) is 11.8. The molecule has 0 saturated carbocycles. The number of hydrogen-bond donors (Lipinski definition) is 1. The van der Waals surface area contributed by atoms with Crippen molar-refractivity contribution < 1.29 is 13.6 Å². The van der Waals surface area contributed by atoms with E-state index in [4.69, 9.17) is 10.2 Å². The average Bonchev–Trinajstić information content (AvgIpc) is 2.80. The van der Waals surface area contributed by atoms with Gasteiger partial charge in [-0.2, -0.15) is 0 Å². The summed E-state index contributed by atoms with van der Waals surface area (Å²) in [6.07, 6.45) is 1.13. The SMILES string of the molecule is CC(C)(C)[Si](C)(C)OCC1CCC(=O)N1c1cc(Br)cc(F)c1N. The molecule has 7 heteroatoms. The van der Waals surface area contributed by atoms with Gasteiger partial charge in [0.15, 0.2) is 8.32 Å². The average molecular weight is 417 g/mol. The molecule has 1 fully saturated rings. The Balaban J connectivity index is 2.25. The largest absolute Gasteiger partial charge is 0.415 e. The number of anilines is 2. The van der Waals surface area contributed by atoms with Gasteiger partial charge in [-0.3, -0.25) is 4.79 Å². The van der Waals surface area contributed by atoms with Crippen molar-refractivity contribution in [3.8, 4) is 0 Å². The van der Waals surface area contributed by atoms with Gasteiger partial charge in [0.25, 0.3) is 0 Å². The third-order valence-corrected chi connectivity index (χ3v) is 10.1. The monoisotopic (exact) mass is 416 g/mol. The number of halogens is 2. The zero-order valence-corrected chi connectivity index (χ0v) is 17.5. The lowest BCUT2D eigenvalue weighted by molar-refractivity contribution is -0.117. The molecule has 4 nitrogen and oxygen atoms in total. The second kappa shape index (κ2) is 6.76. The Morgan fingerprint density at radius 3 is 2.62 bits per heavy atom. The van der Waals surface area contributed by atoms with Crippen LogP contribution in [0.1, 0.15) is 33.6 Å². The molecule has 0 radical (unpaired) electrons. The van der Waals surface area contributed by atoms with Crippen LogP contribution in [0.3, 0.4) is 0 Å². The van der Waals surface area contributed by atoms with Crippen LogP contribution >= 0.6 is 15.9 Å². The molecule has 2 rings (SSSR count). The van der Waals surface area contributed by atoms with Gasteiger partial charge in [0.1, 0.15) is 5.82 Å². The first kappa shape index (κ1) is 19.4. The maximum Gasteiger partial charge on any atom is 0.227 e. The molecule has 1 aromatic rings. The van der Waals surface area contributed by atoms with Crippen molar-refractivity contribution in [1.82, 2.24) is 0 Å². The Labute approximate surface area is 152 Å². The fraction of sp³-hybridized carbons (Fsp3) is 0.588. The Kier molecular flexibility index (Phi) is 5.47. The van der Waals surface area contributed by atoms with Gasteiger partial charge in [-0.05, 0) is 36.7 Å². The van der Waals surface area contributed by atoms with Crippen LogP contribution in [0.25, 0.3) is 0 Å². The Bertz CT molecular complexity index is 646. The van der Waals surface area contributed by atoms with E-state index in [-0.39, 0.29) is 22.7 Å². The van der Waals surface area contributed by atoms with Crippen LogP contribution in [0.5, 0.6) is 0 Å². The summed E-state index contributed by atoms with van der Waals surface area (Å²) in [5, 5.41) is 0.0986. The number of rotatable bonds is 4. The molecule has 0 bridgehead atoms. The van der Waals surface area contributed by atoms with Gasteiger partial charge in [0.05, 0.1) is 24.0 Å². The van der Waals surface area contributed by atoms with Crippen LogP contribution < -0.4 is 10.6 Å². The highest BCUT2D eigenvalue weighted by atomic mass is 79.9. The summed E-state index contributed by atoms with van der Waals surface area (Å²) in [5.74, 6) is -0.564. The normalized spacial score (nSPS) is 19.2. The zero-order valence-electron chi connectivity index (χ0n) is 15.0. The number of amides is 1. The fourth-order valence-corrected chi connectivity index (χ4v) is 3.98. The number of benzene rings is 1. The molecule has 1 aromatic carbocycles. The Hall–Kier alpha value is -0.923. The Morgan fingerprint density at radius 2 is 2.04 bits per heavy atom. The highest BCUT2D eigenvalue weighted by Gasteiger charge is 2.40. The molecule has 1 atom stereocenters. The van der Waals surface area contributed by atoms with Gasteiger partial charge in [0, 0.05) is 10.9 Å². The summed E-state index contributed by atoms with van der Waals surface area (Å²) in [6.45, 7) is 11.4. The molecule has 1 saturated heterocycles. The first-order valence-electron chi connectivity index (χ1n) is 8.14. The molecule has 1 heterocycles. The molecule has 24 heavy (non-hydrogen) atoms. The van der Waals surface area contributed by atoms with E-state index in [1.54, 1.807) is 11.0 Å². The van der Waals surface area contributed by atoms with Gasteiger partial charge in [-0.1, -0.05) is 36.7 Å². The Morgan fingerprint density at radius 1 is 1.42 bits per heavy atom. The summed E-state index contributed by atoms with van der Waals surface area (Å²) < 4.78 is 20.8. The van der Waals surface area contributed by atoms with E-state index in [0.717, 1.165) is 0 Å². The van der Waals surface area contributed by atoms with Gasteiger partial charge >= 0.3 is 0 Å². The number of hydrogen-bond acceptors (Lipinski definition) is 3. The lowest BCUT2D eigenvalue weighted by Gasteiger charge is -2.38. The molecule has 2 N–H and O–H groups in total. The van der Waals surface area contributed by atoms with Crippen LogP contribution in [0.15, 0.2) is 16.6 Å². The second-order valence-electron chi connectivity index (χ2n) is 7.85. The molecule has 1 amide bonds. The van der Waals surface area contributed by atoms with E-state index >= 15 is 0 Å². The summed E-state index contributed by atoms with van der Waals surface area (Å²) in [5.41, 5.74) is 6.31. The lowest BCUT2D eigenvalue weighted by atomic mass is 10.2. The molecule has 0 aliphatic carbocycles. The number of nitrogens with zero attached hydrogens (tertiary/aromatic N) is 1. The number of carbonyl (C=O) groups excluding carboxylic acids is 1. The molecule has 1 aliphatic heterocycles. The number of nitrogen functional groups attached to an aromatic ring is 1. The van der Waals surface area contributed by atoms with E-state index in [1.165, 1.54) is 6.07 Å². The standard InChI is InChI=1S/C17H26BrFN2O2Si/c1-17(2,3)24(4,5)23-10-12-6-7-15(22)21(12)14-9-11(18)8-13(19)16(14)20/h8-9,12H,6-7,10,20H2,1-5H3. The summed E-state index contributed by atoms with van der Waals surface area (Å²) in [4.78, 5) is 14.0. The molecule has 134 valence electrons. The highest BCUT2D eigenvalue weighted by Crippen LogP contribution is 2.39. The van der Waals surface area contributed by atoms with Crippen molar-refractivity contribution in [2.75, 3.05) is 17.2 Å². The van der Waals surface area contributed by atoms with Crippen LogP contribution in [-0.2, 0) is 9.22 Å². The van der Waals surface area contributed by atoms with E-state index < -0.39 is 14.1 Å². The fourth-order valence-electron chi connectivity index (χ4n) is 2.52. The van der Waals surface area contributed by atoms with Crippen LogP contribution in [0.2, 0.25) is 18.1 Å². The van der Waals surface area contributed by atoms with E-state index in [2.05, 4.69) is 49.8 Å². The molecule has 0 aromatic heterocycles. The van der Waals surface area contributed by atoms with Gasteiger partial charge in [-0.25, -0.2) is 4.39 Å². The smallest absolute Gasteiger partial charge is 0.227 e. The van der Waals surface area contributed by atoms with Gasteiger partial charge < -0.3 is 15.1 Å². The van der Waals surface area contributed by atoms with Crippen LogP contribution in [0.4, 0.5) is 15.8 Å². The highest BCUT2D eigenvalue weighted by molar-refractivity contribution is 9.10. The topological polar surface area (TPSA) is 55.6 Å². The first-order chi connectivity index (χ1) is 10.9. The van der Waals surface area contributed by atoms with Crippen molar-refractivity contribution in [3.05, 3.63) is 22.4 Å². The maximum atomic E-state index is 14.0. The molecule has 1 unspecified atom stereocenters. The van der Waals surface area contributed by atoms with Gasteiger partial charge in [0.2, 0.25) is 5.91 Å². The van der Waals surface area contributed by atoms with E-state index in [0.29, 0.717) is 29.6 Å². The van der Waals surface area contributed by atoms with Crippen LogP contribution in [-0.4, -0.2) is 26.9 Å². The lowest BCUT2D eigenvalue weighted by Crippen LogP contribution is -2.45. The number of nitrogens with two attached hydrogens (primary N) is 1. The number of carbonyl (C=O) groups is 1. The minimum absolute atomic E-state index is 0.00535. The predicted molar refractivity (Wildman–Crippen MR) is 102 cm³/mol. The molecule has 0 spiro atoms. The van der Waals surface area contributed by atoms with Crippen molar-refractivity contribution in [2.45, 2.75) is 57.8 Å².